The van der Waals surface area contributed by atoms with E-state index in [2.05, 4.69) is 4.99 Å². The molecule has 1 saturated carbocycles. The van der Waals surface area contributed by atoms with Crippen molar-refractivity contribution in [2.24, 2.45) is 10.9 Å². The van der Waals surface area contributed by atoms with Gasteiger partial charge in [0.25, 0.3) is 0 Å². The Morgan fingerprint density at radius 2 is 1.94 bits per heavy atom. The fraction of sp³-hybridized carbons (Fsp3) is 0.750. The molecule has 0 unspecified atom stereocenters. The van der Waals surface area contributed by atoms with E-state index < -0.39 is 11.7 Å². The number of carbonyl (C=O) groups is 2. The van der Waals surface area contributed by atoms with Crippen LogP contribution in [-0.4, -0.2) is 23.7 Å². The molecule has 1 amide bonds. The normalized spacial score (nSPS) is 21.4. The van der Waals surface area contributed by atoms with Gasteiger partial charge in [0, 0.05) is 11.6 Å². The average Bonchev–Trinajstić information content (AvgIpc) is 2.16. The maximum absolute atomic E-state index is 11.4. The van der Waals surface area contributed by atoms with Crippen molar-refractivity contribution in [1.82, 2.24) is 0 Å². The summed E-state index contributed by atoms with van der Waals surface area (Å²) >= 11 is 0. The van der Waals surface area contributed by atoms with Crippen LogP contribution >= 0.6 is 0 Å². The first-order valence-electron chi connectivity index (χ1n) is 5.65. The fourth-order valence-electron chi connectivity index (χ4n) is 1.64. The molecule has 0 spiro atoms. The zero-order valence-electron chi connectivity index (χ0n) is 10.2. The lowest BCUT2D eigenvalue weighted by Crippen LogP contribution is -2.23. The lowest BCUT2D eigenvalue weighted by Gasteiger charge is -2.20. The van der Waals surface area contributed by atoms with E-state index in [1.807, 2.05) is 20.8 Å². The molecular formula is C12H19NO3. The van der Waals surface area contributed by atoms with Crippen LogP contribution in [0.15, 0.2) is 4.99 Å². The molecule has 4 heteroatoms. The van der Waals surface area contributed by atoms with Gasteiger partial charge in [-0.3, -0.25) is 0 Å². The quantitative estimate of drug-likeness (QED) is 0.645. The molecule has 0 aromatic rings. The molecule has 1 aliphatic rings. The van der Waals surface area contributed by atoms with Crippen LogP contribution in [0.2, 0.25) is 0 Å². The van der Waals surface area contributed by atoms with E-state index in [4.69, 9.17) is 4.74 Å². The lowest BCUT2D eigenvalue weighted by atomic mass is 9.89. The second-order valence-corrected chi connectivity index (χ2v) is 5.13. The van der Waals surface area contributed by atoms with E-state index in [0.717, 1.165) is 37.7 Å². The van der Waals surface area contributed by atoms with Crippen molar-refractivity contribution in [1.29, 1.82) is 0 Å². The van der Waals surface area contributed by atoms with Crippen LogP contribution in [0, 0.1) is 5.92 Å². The molecular weight excluding hydrogens is 206 g/mol. The Hall–Kier alpha value is -1.19. The van der Waals surface area contributed by atoms with E-state index >= 15 is 0 Å². The molecule has 0 heterocycles. The van der Waals surface area contributed by atoms with Crippen LogP contribution < -0.4 is 0 Å². The maximum Gasteiger partial charge on any atom is 0.434 e. The van der Waals surface area contributed by atoms with Crippen molar-refractivity contribution < 1.29 is 14.3 Å². The minimum Gasteiger partial charge on any atom is -0.442 e. The van der Waals surface area contributed by atoms with E-state index in [0.29, 0.717) is 0 Å². The Labute approximate surface area is 96.1 Å². The van der Waals surface area contributed by atoms with Gasteiger partial charge in [0.2, 0.25) is 0 Å². The third kappa shape index (κ3) is 4.55. The van der Waals surface area contributed by atoms with Gasteiger partial charge in [-0.1, -0.05) is 0 Å². The van der Waals surface area contributed by atoms with E-state index in [1.165, 1.54) is 0 Å². The van der Waals surface area contributed by atoms with Crippen LogP contribution in [0.1, 0.15) is 46.5 Å². The number of hydrogen-bond acceptors (Lipinski definition) is 3. The highest BCUT2D eigenvalue weighted by Crippen LogP contribution is 2.21. The Morgan fingerprint density at radius 3 is 2.38 bits per heavy atom. The Balaban J connectivity index is 2.46. The molecule has 0 aliphatic heterocycles. The van der Waals surface area contributed by atoms with Crippen molar-refractivity contribution in [3.05, 3.63) is 0 Å². The predicted molar refractivity (Wildman–Crippen MR) is 61.7 cm³/mol. The second kappa shape index (κ2) is 5.23. The molecule has 0 aromatic heterocycles. The van der Waals surface area contributed by atoms with Gasteiger partial charge >= 0.3 is 6.09 Å². The van der Waals surface area contributed by atoms with Gasteiger partial charge in [-0.25, -0.2) is 4.79 Å². The molecule has 0 N–H and O–H groups in total. The van der Waals surface area contributed by atoms with Crippen LogP contribution in [0.4, 0.5) is 4.79 Å². The topological polar surface area (TPSA) is 55.7 Å². The average molecular weight is 225 g/mol. The second-order valence-electron chi connectivity index (χ2n) is 5.13. The van der Waals surface area contributed by atoms with Gasteiger partial charge in [-0.15, -0.1) is 0 Å². The highest BCUT2D eigenvalue weighted by atomic mass is 16.6. The third-order valence-corrected chi connectivity index (χ3v) is 2.44. The van der Waals surface area contributed by atoms with E-state index in [9.17, 15) is 9.59 Å². The highest BCUT2D eigenvalue weighted by molar-refractivity contribution is 5.94. The number of carbonyl (C=O) groups excluding carboxylic acids is 2. The number of rotatable bonds is 1. The first-order chi connectivity index (χ1) is 7.40. The fourth-order valence-corrected chi connectivity index (χ4v) is 1.64. The van der Waals surface area contributed by atoms with Gasteiger partial charge in [-0.2, -0.15) is 4.99 Å². The van der Waals surface area contributed by atoms with Gasteiger partial charge in [-0.05, 0) is 46.5 Å². The molecule has 1 rings (SSSR count). The number of hydrogen-bond donors (Lipinski definition) is 0. The first kappa shape index (κ1) is 12.9. The molecule has 0 saturated heterocycles. The van der Waals surface area contributed by atoms with Crippen molar-refractivity contribution >= 4 is 18.1 Å². The molecule has 90 valence electrons. The monoisotopic (exact) mass is 225 g/mol. The summed E-state index contributed by atoms with van der Waals surface area (Å²) in [6.45, 7) is 5.44. The third-order valence-electron chi connectivity index (χ3n) is 2.44. The van der Waals surface area contributed by atoms with Crippen LogP contribution in [0.5, 0.6) is 0 Å². The van der Waals surface area contributed by atoms with Crippen molar-refractivity contribution in [2.75, 3.05) is 0 Å². The van der Waals surface area contributed by atoms with Gasteiger partial charge in [0.05, 0.1) is 0 Å². The predicted octanol–water partition coefficient (Wildman–Crippen LogP) is 2.75. The summed E-state index contributed by atoms with van der Waals surface area (Å²) in [5.41, 5.74) is 0.355. The molecule has 0 aromatic carbocycles. The molecule has 0 radical (unpaired) electrons. The summed E-state index contributed by atoms with van der Waals surface area (Å²) < 4.78 is 5.10. The van der Waals surface area contributed by atoms with Crippen LogP contribution in [0.25, 0.3) is 0 Å². The van der Waals surface area contributed by atoms with Crippen LogP contribution in [-0.2, 0) is 9.53 Å². The Bertz CT molecular complexity index is 292. The zero-order chi connectivity index (χ0) is 12.2. The zero-order valence-corrected chi connectivity index (χ0v) is 10.2. The summed E-state index contributed by atoms with van der Waals surface area (Å²) in [6, 6.07) is 0. The number of amides is 1. The minimum atomic E-state index is -0.521. The van der Waals surface area contributed by atoms with Crippen molar-refractivity contribution in [3.63, 3.8) is 0 Å². The van der Waals surface area contributed by atoms with Crippen LogP contribution in [0.3, 0.4) is 0 Å². The minimum absolute atomic E-state index is 0.137. The Morgan fingerprint density at radius 1 is 1.38 bits per heavy atom. The Kier molecular flexibility index (Phi) is 4.21. The molecule has 16 heavy (non-hydrogen) atoms. The molecule has 1 aliphatic carbocycles. The summed E-state index contributed by atoms with van der Waals surface area (Å²) in [6.07, 6.45) is 3.51. The number of aldehydes is 1. The summed E-state index contributed by atoms with van der Waals surface area (Å²) in [5.74, 6) is 0.137. The van der Waals surface area contributed by atoms with Gasteiger partial charge in [0.1, 0.15) is 11.9 Å². The molecule has 4 nitrogen and oxygen atoms in total. The number of aliphatic imine (C=N–C) groups is 1. The van der Waals surface area contributed by atoms with E-state index in [1.54, 1.807) is 0 Å². The molecule has 1 fully saturated rings. The maximum atomic E-state index is 11.4. The van der Waals surface area contributed by atoms with E-state index in [-0.39, 0.29) is 5.92 Å². The molecule has 0 bridgehead atoms. The first-order valence-corrected chi connectivity index (χ1v) is 5.65. The standard InChI is InChI=1S/C12H19NO3/c1-12(2,3)16-11(15)13-10-6-4-9(8-14)5-7-10/h8-9H,4-7H2,1-3H3. The smallest absolute Gasteiger partial charge is 0.434 e. The molecule has 0 atom stereocenters. The highest BCUT2D eigenvalue weighted by Gasteiger charge is 2.20. The number of ether oxygens (including phenoxy) is 1. The van der Waals surface area contributed by atoms with Gasteiger partial charge < -0.3 is 9.53 Å². The largest absolute Gasteiger partial charge is 0.442 e. The number of nitrogens with zero attached hydrogens (tertiary/aromatic N) is 1. The summed E-state index contributed by atoms with van der Waals surface area (Å²) in [7, 11) is 0. The summed E-state index contributed by atoms with van der Waals surface area (Å²) in [4.78, 5) is 25.9. The SMILES string of the molecule is CC(C)(C)OC(=O)N=C1CCC(C=O)CC1. The van der Waals surface area contributed by atoms with Crippen molar-refractivity contribution in [3.8, 4) is 0 Å². The summed E-state index contributed by atoms with van der Waals surface area (Å²) in [5, 5.41) is 0. The van der Waals surface area contributed by atoms with Gasteiger partial charge in [0.15, 0.2) is 0 Å². The van der Waals surface area contributed by atoms with Crippen molar-refractivity contribution in [2.45, 2.75) is 52.1 Å². The lowest BCUT2D eigenvalue weighted by molar-refractivity contribution is -0.111.